The number of hydrogen-bond donors (Lipinski definition) is 1. The standard InChI is InChI=1S/C24H36N2O/c1-24-11-10-21-20-9-7-19(27-16-15-26-13-2-3-14-26)17-18(20)6-8-22(21)23(24)5-4-12-25-24/h7,9,17,21-23,25H,2-6,8,10-16H2,1H3/t21-,22-,23+,24+/m1/s1. The van der Waals surface area contributed by atoms with Crippen molar-refractivity contribution >= 4 is 0 Å². The van der Waals surface area contributed by atoms with Crippen molar-refractivity contribution in [3.05, 3.63) is 29.3 Å². The van der Waals surface area contributed by atoms with E-state index in [2.05, 4.69) is 35.3 Å². The summed E-state index contributed by atoms with van der Waals surface area (Å²) in [6, 6.07) is 7.02. The Morgan fingerprint density at radius 2 is 2.04 bits per heavy atom. The van der Waals surface area contributed by atoms with Crippen LogP contribution >= 0.6 is 0 Å². The number of nitrogens with one attached hydrogen (secondary N) is 1. The number of benzene rings is 1. The smallest absolute Gasteiger partial charge is 0.119 e. The molecule has 0 aromatic heterocycles. The first-order valence-electron chi connectivity index (χ1n) is 11.5. The molecule has 27 heavy (non-hydrogen) atoms. The van der Waals surface area contributed by atoms with Crippen LogP contribution in [0.4, 0.5) is 0 Å². The summed E-state index contributed by atoms with van der Waals surface area (Å²) in [7, 11) is 0. The molecule has 1 aromatic carbocycles. The first-order valence-corrected chi connectivity index (χ1v) is 11.5. The van der Waals surface area contributed by atoms with Gasteiger partial charge in [0.1, 0.15) is 12.4 Å². The Labute approximate surface area is 164 Å². The fraction of sp³-hybridized carbons (Fsp3) is 0.750. The van der Waals surface area contributed by atoms with Crippen molar-refractivity contribution in [3.8, 4) is 5.75 Å². The third kappa shape index (κ3) is 3.42. The molecule has 3 fully saturated rings. The molecular weight excluding hydrogens is 332 g/mol. The molecule has 0 unspecified atom stereocenters. The third-order valence-corrected chi connectivity index (χ3v) is 8.18. The predicted molar refractivity (Wildman–Crippen MR) is 111 cm³/mol. The molecule has 0 amide bonds. The van der Waals surface area contributed by atoms with E-state index in [1.54, 1.807) is 11.1 Å². The van der Waals surface area contributed by atoms with Crippen LogP contribution in [0, 0.1) is 11.8 Å². The Kier molecular flexibility index (Phi) is 4.94. The highest BCUT2D eigenvalue weighted by atomic mass is 16.5. The van der Waals surface area contributed by atoms with Crippen molar-refractivity contribution < 1.29 is 4.74 Å². The highest BCUT2D eigenvalue weighted by Gasteiger charge is 2.48. The van der Waals surface area contributed by atoms with E-state index in [1.807, 2.05) is 0 Å². The van der Waals surface area contributed by atoms with E-state index in [-0.39, 0.29) is 0 Å². The second-order valence-electron chi connectivity index (χ2n) is 9.70. The highest BCUT2D eigenvalue weighted by molar-refractivity contribution is 5.40. The molecule has 5 rings (SSSR count). The summed E-state index contributed by atoms with van der Waals surface area (Å²) in [6.07, 6.45) is 10.8. The van der Waals surface area contributed by atoms with E-state index < -0.39 is 0 Å². The summed E-state index contributed by atoms with van der Waals surface area (Å²) in [5, 5.41) is 3.89. The van der Waals surface area contributed by atoms with E-state index in [9.17, 15) is 0 Å². The van der Waals surface area contributed by atoms with Crippen LogP contribution in [-0.4, -0.2) is 43.2 Å². The number of rotatable bonds is 4. The maximum atomic E-state index is 6.12. The summed E-state index contributed by atoms with van der Waals surface area (Å²) in [5.74, 6) is 3.62. The molecule has 2 heterocycles. The molecule has 0 radical (unpaired) electrons. The zero-order valence-corrected chi connectivity index (χ0v) is 17.0. The lowest BCUT2D eigenvalue weighted by molar-refractivity contribution is 0.0400. The van der Waals surface area contributed by atoms with Gasteiger partial charge < -0.3 is 10.1 Å². The van der Waals surface area contributed by atoms with Crippen LogP contribution in [0.1, 0.15) is 68.9 Å². The molecule has 2 saturated heterocycles. The monoisotopic (exact) mass is 368 g/mol. The van der Waals surface area contributed by atoms with Gasteiger partial charge >= 0.3 is 0 Å². The number of nitrogens with zero attached hydrogens (tertiary/aromatic N) is 1. The zero-order chi connectivity index (χ0) is 18.3. The lowest BCUT2D eigenvalue weighted by Crippen LogP contribution is -2.58. The van der Waals surface area contributed by atoms with Crippen molar-refractivity contribution in [3.63, 3.8) is 0 Å². The summed E-state index contributed by atoms with van der Waals surface area (Å²) in [4.78, 5) is 2.53. The third-order valence-electron chi connectivity index (χ3n) is 8.18. The fourth-order valence-electron chi connectivity index (χ4n) is 6.72. The fourth-order valence-corrected chi connectivity index (χ4v) is 6.72. The summed E-state index contributed by atoms with van der Waals surface area (Å²) in [6.45, 7) is 8.14. The number of piperidine rings is 1. The first kappa shape index (κ1) is 18.0. The maximum absolute atomic E-state index is 6.12. The van der Waals surface area contributed by atoms with E-state index in [0.29, 0.717) is 5.54 Å². The Hall–Kier alpha value is -1.06. The van der Waals surface area contributed by atoms with Gasteiger partial charge in [-0.3, -0.25) is 4.90 Å². The molecule has 148 valence electrons. The van der Waals surface area contributed by atoms with Crippen LogP contribution in [0.3, 0.4) is 0 Å². The van der Waals surface area contributed by atoms with Crippen LogP contribution < -0.4 is 10.1 Å². The van der Waals surface area contributed by atoms with E-state index in [4.69, 9.17) is 4.74 Å². The Morgan fingerprint density at radius 3 is 2.93 bits per heavy atom. The molecule has 0 bridgehead atoms. The van der Waals surface area contributed by atoms with Crippen molar-refractivity contribution in [2.75, 3.05) is 32.8 Å². The molecule has 1 N–H and O–H groups in total. The summed E-state index contributed by atoms with van der Waals surface area (Å²) < 4.78 is 6.12. The topological polar surface area (TPSA) is 24.5 Å². The van der Waals surface area contributed by atoms with E-state index >= 15 is 0 Å². The molecule has 4 aliphatic rings. The lowest BCUT2D eigenvalue weighted by atomic mass is 9.56. The van der Waals surface area contributed by atoms with Gasteiger partial charge in [0.05, 0.1) is 0 Å². The first-order chi connectivity index (χ1) is 13.2. The molecule has 0 spiro atoms. The van der Waals surface area contributed by atoms with Crippen LogP contribution in [-0.2, 0) is 6.42 Å². The summed E-state index contributed by atoms with van der Waals surface area (Å²) >= 11 is 0. The molecule has 1 aromatic rings. The quantitative estimate of drug-likeness (QED) is 0.855. The number of aryl methyl sites for hydroxylation is 1. The summed E-state index contributed by atoms with van der Waals surface area (Å²) in [5.41, 5.74) is 3.61. The molecule has 3 nitrogen and oxygen atoms in total. The molecule has 1 saturated carbocycles. The van der Waals surface area contributed by atoms with Crippen LogP contribution in [0.25, 0.3) is 0 Å². The second kappa shape index (κ2) is 7.40. The van der Waals surface area contributed by atoms with Crippen molar-refractivity contribution in [2.24, 2.45) is 11.8 Å². The van der Waals surface area contributed by atoms with Crippen molar-refractivity contribution in [1.29, 1.82) is 0 Å². The van der Waals surface area contributed by atoms with Gasteiger partial charge in [-0.05, 0) is 119 Å². The Balaban J connectivity index is 1.27. The van der Waals surface area contributed by atoms with Crippen molar-refractivity contribution in [2.45, 2.75) is 69.7 Å². The predicted octanol–water partition coefficient (Wildman–Crippen LogP) is 4.36. The number of hydrogen-bond acceptors (Lipinski definition) is 3. The van der Waals surface area contributed by atoms with Gasteiger partial charge in [-0.1, -0.05) is 6.07 Å². The molecule has 2 aliphatic heterocycles. The SMILES string of the molecule is C[C@]12CC[C@@H]3c4ccc(OCCN5CCCC5)cc4CC[C@H]3[C@@H]1CCCN2. The van der Waals surface area contributed by atoms with Gasteiger partial charge in [0.15, 0.2) is 0 Å². The minimum absolute atomic E-state index is 0.398. The largest absolute Gasteiger partial charge is 0.492 e. The molecular formula is C24H36N2O. The van der Waals surface area contributed by atoms with Crippen LogP contribution in [0.15, 0.2) is 18.2 Å². The van der Waals surface area contributed by atoms with E-state index in [1.165, 1.54) is 71.0 Å². The lowest BCUT2D eigenvalue weighted by Gasteiger charge is -2.54. The normalized spacial score (nSPS) is 36.0. The maximum Gasteiger partial charge on any atom is 0.119 e. The van der Waals surface area contributed by atoms with Gasteiger partial charge in [0.25, 0.3) is 0 Å². The van der Waals surface area contributed by atoms with Gasteiger partial charge in [0.2, 0.25) is 0 Å². The molecule has 4 atom stereocenters. The van der Waals surface area contributed by atoms with Crippen LogP contribution in [0.2, 0.25) is 0 Å². The zero-order valence-electron chi connectivity index (χ0n) is 17.0. The Bertz CT molecular complexity index is 668. The number of ether oxygens (including phenoxy) is 1. The minimum atomic E-state index is 0.398. The van der Waals surface area contributed by atoms with Gasteiger partial charge in [-0.15, -0.1) is 0 Å². The van der Waals surface area contributed by atoms with E-state index in [0.717, 1.165) is 36.7 Å². The highest BCUT2D eigenvalue weighted by Crippen LogP contribution is 2.53. The second-order valence-corrected chi connectivity index (χ2v) is 9.70. The number of likely N-dealkylation sites (tertiary alicyclic amines) is 1. The number of fused-ring (bicyclic) bond motifs is 5. The van der Waals surface area contributed by atoms with Crippen LogP contribution in [0.5, 0.6) is 5.75 Å². The molecule has 2 aliphatic carbocycles. The molecule has 3 heteroatoms. The average Bonchev–Trinajstić information content (AvgIpc) is 3.20. The Morgan fingerprint density at radius 1 is 1.15 bits per heavy atom. The van der Waals surface area contributed by atoms with Gasteiger partial charge in [0, 0.05) is 12.1 Å². The van der Waals surface area contributed by atoms with Gasteiger partial charge in [-0.2, -0.15) is 0 Å². The average molecular weight is 369 g/mol. The van der Waals surface area contributed by atoms with Crippen molar-refractivity contribution in [1.82, 2.24) is 10.2 Å². The van der Waals surface area contributed by atoms with Gasteiger partial charge in [-0.25, -0.2) is 0 Å². The minimum Gasteiger partial charge on any atom is -0.492 e.